The number of aliphatic hydroxyl groups excluding tert-OH is 1. The smallest absolute Gasteiger partial charge is 0.0688 e. The fraction of sp³-hybridized carbons (Fsp3) is 0.200. The third-order valence-corrected chi connectivity index (χ3v) is 2.12. The van der Waals surface area contributed by atoms with E-state index in [2.05, 4.69) is 12.6 Å². The van der Waals surface area contributed by atoms with E-state index >= 15 is 0 Å². The molecule has 0 heterocycles. The molecule has 70 valence electrons. The first-order valence-corrected chi connectivity index (χ1v) is 4.95. The van der Waals surface area contributed by atoms with E-state index in [-0.39, 0.29) is 6.61 Å². The summed E-state index contributed by atoms with van der Waals surface area (Å²) in [5, 5.41) is 9.68. The van der Waals surface area contributed by atoms with Crippen LogP contribution in [0.25, 0.3) is 6.08 Å². The molecule has 0 spiro atoms. The maximum atomic E-state index is 9.03. The molecule has 0 unspecified atom stereocenters. The summed E-state index contributed by atoms with van der Waals surface area (Å²) in [5.41, 5.74) is 1.83. The Hall–Kier alpha value is -0.440. The number of hydrogen-bond donors (Lipinski definition) is 2. The molecule has 1 aromatic carbocycles. The van der Waals surface area contributed by atoms with Crippen LogP contribution >= 0.6 is 24.2 Å². The average molecular weight is 215 g/mol. The molecule has 0 aliphatic carbocycles. The Kier molecular flexibility index (Phi) is 4.36. The van der Waals surface area contributed by atoms with Crippen LogP contribution in [0.2, 0.25) is 5.02 Å². The Morgan fingerprint density at radius 2 is 2.23 bits per heavy atom. The van der Waals surface area contributed by atoms with Gasteiger partial charge in [-0.3, -0.25) is 0 Å². The van der Waals surface area contributed by atoms with Crippen molar-refractivity contribution >= 4 is 30.3 Å². The van der Waals surface area contributed by atoms with Gasteiger partial charge in [-0.15, -0.1) is 0 Å². The zero-order valence-electron chi connectivity index (χ0n) is 7.07. The van der Waals surface area contributed by atoms with Gasteiger partial charge in [0.1, 0.15) is 0 Å². The minimum absolute atomic E-state index is 0.00675. The highest BCUT2D eigenvalue weighted by molar-refractivity contribution is 7.80. The highest BCUT2D eigenvalue weighted by atomic mass is 35.5. The lowest BCUT2D eigenvalue weighted by atomic mass is 10.1. The zero-order chi connectivity index (χ0) is 9.68. The number of rotatable bonds is 3. The summed E-state index contributed by atoms with van der Waals surface area (Å²) in [6, 6.07) is 5.45. The summed E-state index contributed by atoms with van der Waals surface area (Å²) in [5.74, 6) is 0.688. The van der Waals surface area contributed by atoms with Gasteiger partial charge in [0.15, 0.2) is 0 Å². The van der Waals surface area contributed by atoms with Crippen LogP contribution < -0.4 is 0 Å². The Balaban J connectivity index is 2.99. The van der Waals surface area contributed by atoms with E-state index in [1.165, 1.54) is 0 Å². The van der Waals surface area contributed by atoms with Crippen molar-refractivity contribution in [1.82, 2.24) is 0 Å². The van der Waals surface area contributed by atoms with Gasteiger partial charge in [-0.05, 0) is 23.3 Å². The summed E-state index contributed by atoms with van der Waals surface area (Å²) >= 11 is 9.84. The Labute approximate surface area is 88.5 Å². The molecule has 13 heavy (non-hydrogen) atoms. The van der Waals surface area contributed by atoms with E-state index < -0.39 is 0 Å². The lowest BCUT2D eigenvalue weighted by Crippen LogP contribution is -1.87. The van der Waals surface area contributed by atoms with Gasteiger partial charge in [-0.25, -0.2) is 0 Å². The standard InChI is InChI=1S/C10H11ClOS/c11-10-4-3-8(2-1-5-13)9(6-10)7-12/h1-4,6,12-13H,5,7H2. The molecule has 0 radical (unpaired) electrons. The van der Waals surface area contributed by atoms with Crippen molar-refractivity contribution in [3.63, 3.8) is 0 Å². The molecule has 0 saturated heterocycles. The van der Waals surface area contributed by atoms with Gasteiger partial charge in [0.2, 0.25) is 0 Å². The molecular weight excluding hydrogens is 204 g/mol. The van der Waals surface area contributed by atoms with Crippen LogP contribution in [0.4, 0.5) is 0 Å². The number of benzene rings is 1. The van der Waals surface area contributed by atoms with Crippen molar-refractivity contribution in [3.05, 3.63) is 40.4 Å². The summed E-state index contributed by atoms with van der Waals surface area (Å²) in [4.78, 5) is 0. The third-order valence-electron chi connectivity index (χ3n) is 1.68. The van der Waals surface area contributed by atoms with Gasteiger partial charge >= 0.3 is 0 Å². The Morgan fingerprint density at radius 3 is 2.85 bits per heavy atom. The lowest BCUT2D eigenvalue weighted by molar-refractivity contribution is 0.281. The second-order valence-electron chi connectivity index (χ2n) is 2.59. The second-order valence-corrected chi connectivity index (χ2v) is 3.39. The molecule has 1 N–H and O–H groups in total. The fourth-order valence-corrected chi connectivity index (χ4v) is 1.35. The van der Waals surface area contributed by atoms with Crippen LogP contribution in [-0.2, 0) is 6.61 Å². The maximum Gasteiger partial charge on any atom is 0.0688 e. The van der Waals surface area contributed by atoms with Crippen molar-refractivity contribution in [1.29, 1.82) is 0 Å². The minimum Gasteiger partial charge on any atom is -0.392 e. The highest BCUT2D eigenvalue weighted by Gasteiger charge is 1.98. The van der Waals surface area contributed by atoms with Crippen molar-refractivity contribution < 1.29 is 5.11 Å². The maximum absolute atomic E-state index is 9.03. The number of hydrogen-bond acceptors (Lipinski definition) is 2. The molecule has 1 aromatic rings. The first-order chi connectivity index (χ1) is 6.27. The van der Waals surface area contributed by atoms with E-state index in [9.17, 15) is 0 Å². The molecule has 0 atom stereocenters. The van der Waals surface area contributed by atoms with E-state index in [1.807, 2.05) is 18.2 Å². The third kappa shape index (κ3) is 3.07. The summed E-state index contributed by atoms with van der Waals surface area (Å²) in [7, 11) is 0. The molecule has 0 amide bonds. The quantitative estimate of drug-likeness (QED) is 0.742. The summed E-state index contributed by atoms with van der Waals surface area (Å²) < 4.78 is 0. The topological polar surface area (TPSA) is 20.2 Å². The highest BCUT2D eigenvalue weighted by Crippen LogP contribution is 2.17. The van der Waals surface area contributed by atoms with E-state index in [1.54, 1.807) is 12.1 Å². The first kappa shape index (κ1) is 10.6. The molecule has 1 rings (SSSR count). The minimum atomic E-state index is 0.00675. The number of halogens is 1. The largest absolute Gasteiger partial charge is 0.392 e. The molecule has 0 aromatic heterocycles. The molecule has 0 bridgehead atoms. The predicted molar refractivity (Wildman–Crippen MR) is 60.3 cm³/mol. The van der Waals surface area contributed by atoms with Crippen molar-refractivity contribution in [2.75, 3.05) is 5.75 Å². The molecular formula is C10H11ClOS. The van der Waals surface area contributed by atoms with Gasteiger partial charge in [-0.2, -0.15) is 12.6 Å². The Morgan fingerprint density at radius 1 is 1.46 bits per heavy atom. The summed E-state index contributed by atoms with van der Waals surface area (Å²) in [6.07, 6.45) is 3.85. The van der Waals surface area contributed by atoms with Crippen molar-refractivity contribution in [2.24, 2.45) is 0 Å². The van der Waals surface area contributed by atoms with E-state index in [0.29, 0.717) is 10.8 Å². The van der Waals surface area contributed by atoms with E-state index in [4.69, 9.17) is 16.7 Å². The van der Waals surface area contributed by atoms with Crippen LogP contribution in [0.15, 0.2) is 24.3 Å². The SMILES string of the molecule is OCc1cc(Cl)ccc1C=CCS. The van der Waals surface area contributed by atoms with Crippen LogP contribution in [0.3, 0.4) is 0 Å². The fourth-order valence-electron chi connectivity index (χ4n) is 1.05. The van der Waals surface area contributed by atoms with E-state index in [0.717, 1.165) is 11.1 Å². The monoisotopic (exact) mass is 214 g/mol. The van der Waals surface area contributed by atoms with Crippen LogP contribution in [0.1, 0.15) is 11.1 Å². The van der Waals surface area contributed by atoms with Gasteiger partial charge in [0, 0.05) is 10.8 Å². The molecule has 1 nitrogen and oxygen atoms in total. The molecule has 3 heteroatoms. The lowest BCUT2D eigenvalue weighted by Gasteiger charge is -2.02. The first-order valence-electron chi connectivity index (χ1n) is 3.94. The average Bonchev–Trinajstić information content (AvgIpc) is 2.16. The van der Waals surface area contributed by atoms with Gasteiger partial charge < -0.3 is 5.11 Å². The van der Waals surface area contributed by atoms with Crippen molar-refractivity contribution in [3.8, 4) is 0 Å². The van der Waals surface area contributed by atoms with Crippen LogP contribution in [-0.4, -0.2) is 10.9 Å². The normalized spacial score (nSPS) is 11.0. The second kappa shape index (κ2) is 5.32. The predicted octanol–water partition coefficient (Wildman–Crippen LogP) is 2.78. The van der Waals surface area contributed by atoms with Gasteiger partial charge in [0.05, 0.1) is 6.61 Å². The van der Waals surface area contributed by atoms with Gasteiger partial charge in [-0.1, -0.05) is 29.8 Å². The zero-order valence-corrected chi connectivity index (χ0v) is 8.72. The number of thiol groups is 1. The number of aliphatic hydroxyl groups is 1. The molecule has 0 saturated carbocycles. The van der Waals surface area contributed by atoms with Crippen molar-refractivity contribution in [2.45, 2.75) is 6.61 Å². The van der Waals surface area contributed by atoms with Crippen LogP contribution in [0.5, 0.6) is 0 Å². The van der Waals surface area contributed by atoms with Gasteiger partial charge in [0.25, 0.3) is 0 Å². The van der Waals surface area contributed by atoms with Crippen LogP contribution in [0, 0.1) is 0 Å². The summed E-state index contributed by atoms with van der Waals surface area (Å²) in [6.45, 7) is 0.00675. The molecule has 0 aliphatic heterocycles. The molecule has 0 aliphatic rings. The molecule has 0 fully saturated rings. The Bertz CT molecular complexity index is 310.